The lowest BCUT2D eigenvalue weighted by molar-refractivity contribution is -0.158. The fourth-order valence-corrected chi connectivity index (χ4v) is 3.24. The highest BCUT2D eigenvalue weighted by Crippen LogP contribution is 2.42. The van der Waals surface area contributed by atoms with Crippen molar-refractivity contribution in [2.45, 2.75) is 31.4 Å². The maximum Gasteiger partial charge on any atom is 0.327 e. The number of rotatable bonds is 6. The topological polar surface area (TPSA) is 134 Å². The van der Waals surface area contributed by atoms with E-state index in [1.165, 1.54) is 7.05 Å². The minimum Gasteiger partial charge on any atom is -0.446 e. The van der Waals surface area contributed by atoms with Crippen molar-refractivity contribution < 1.29 is 28.7 Å². The molecule has 2 aliphatic rings. The van der Waals surface area contributed by atoms with Crippen LogP contribution in [-0.4, -0.2) is 53.9 Å². The second-order valence-electron chi connectivity index (χ2n) is 7.15. The van der Waals surface area contributed by atoms with Crippen molar-refractivity contribution in [2.24, 2.45) is 5.92 Å². The van der Waals surface area contributed by atoms with Gasteiger partial charge >= 0.3 is 18.0 Å². The lowest BCUT2D eigenvalue weighted by atomic mass is 9.96. The van der Waals surface area contributed by atoms with Gasteiger partial charge in [-0.25, -0.2) is 9.59 Å². The monoisotopic (exact) mass is 402 g/mol. The molecule has 1 aliphatic carbocycles. The molecule has 0 aromatic heterocycles. The first kappa shape index (κ1) is 20.3. The zero-order valence-corrected chi connectivity index (χ0v) is 16.1. The van der Waals surface area contributed by atoms with Gasteiger partial charge in [0.25, 0.3) is 11.8 Å². The van der Waals surface area contributed by atoms with Crippen molar-refractivity contribution in [3.8, 4) is 0 Å². The number of benzene rings is 1. The van der Waals surface area contributed by atoms with Crippen LogP contribution in [0.15, 0.2) is 30.3 Å². The van der Waals surface area contributed by atoms with Crippen LogP contribution < -0.4 is 16.0 Å². The van der Waals surface area contributed by atoms with Gasteiger partial charge in [0.1, 0.15) is 12.1 Å². The number of nitrogens with one attached hydrogen (secondary N) is 3. The van der Waals surface area contributed by atoms with Crippen LogP contribution in [0.3, 0.4) is 0 Å². The van der Waals surface area contributed by atoms with E-state index in [9.17, 15) is 24.0 Å². The minimum atomic E-state index is -1.42. The maximum atomic E-state index is 12.6. The van der Waals surface area contributed by atoms with E-state index < -0.39 is 48.0 Å². The van der Waals surface area contributed by atoms with E-state index in [1.807, 2.05) is 0 Å². The average molecular weight is 402 g/mol. The van der Waals surface area contributed by atoms with E-state index in [4.69, 9.17) is 4.74 Å². The Morgan fingerprint density at radius 1 is 1.24 bits per heavy atom. The number of nitrogens with zero attached hydrogens (tertiary/aromatic N) is 1. The zero-order valence-electron chi connectivity index (χ0n) is 16.1. The molecular weight excluding hydrogens is 380 g/mol. The van der Waals surface area contributed by atoms with Gasteiger partial charge < -0.3 is 15.4 Å². The summed E-state index contributed by atoms with van der Waals surface area (Å²) in [6.07, 6.45) is 0.240. The lowest BCUT2D eigenvalue weighted by Gasteiger charge is -2.21. The number of carbonyl (C=O) groups is 5. The minimum absolute atomic E-state index is 0.0513. The van der Waals surface area contributed by atoms with E-state index in [1.54, 1.807) is 37.3 Å². The lowest BCUT2D eigenvalue weighted by Crippen LogP contribution is -2.46. The molecule has 1 saturated heterocycles. The number of carbonyl (C=O) groups excluding carboxylic acids is 5. The summed E-state index contributed by atoms with van der Waals surface area (Å²) in [6.45, 7) is 1.00. The van der Waals surface area contributed by atoms with Gasteiger partial charge in [-0.05, 0) is 25.7 Å². The summed E-state index contributed by atoms with van der Waals surface area (Å²) in [5.74, 6) is -2.25. The predicted molar refractivity (Wildman–Crippen MR) is 99.2 cm³/mol. The summed E-state index contributed by atoms with van der Waals surface area (Å²) in [7, 11) is 1.33. The molecule has 29 heavy (non-hydrogen) atoms. The van der Waals surface area contributed by atoms with Gasteiger partial charge in [-0.1, -0.05) is 30.3 Å². The molecule has 0 bridgehead atoms. The number of imide groups is 2. The summed E-state index contributed by atoms with van der Waals surface area (Å²) < 4.78 is 5.24. The Labute approximate surface area is 166 Å². The standard InChI is InChI=1S/C19H22N4O6/c1-19(12-8-9-12)16(26)23(18(28)22-19)10-13(24)29-14(11-6-4-3-5-7-11)15(25)21-17(27)20-2/h3-7,12,14H,8-10H2,1-2H3,(H,22,28)(H2,20,21,25,27)/t14-,19+/m1/s1. The first-order valence-electron chi connectivity index (χ1n) is 9.17. The van der Waals surface area contributed by atoms with Crippen LogP contribution in [0.1, 0.15) is 31.4 Å². The van der Waals surface area contributed by atoms with Gasteiger partial charge in [-0.3, -0.25) is 24.6 Å². The molecule has 3 N–H and O–H groups in total. The maximum absolute atomic E-state index is 12.6. The highest BCUT2D eigenvalue weighted by Gasteiger charge is 2.56. The molecule has 1 heterocycles. The molecule has 0 spiro atoms. The Morgan fingerprint density at radius 3 is 2.48 bits per heavy atom. The number of hydrogen-bond donors (Lipinski definition) is 3. The SMILES string of the molecule is CNC(=O)NC(=O)[C@H](OC(=O)CN1C(=O)N[C@@](C)(C2CC2)C1=O)c1ccccc1. The second-order valence-corrected chi connectivity index (χ2v) is 7.15. The Kier molecular flexibility index (Phi) is 5.53. The van der Waals surface area contributed by atoms with Crippen molar-refractivity contribution in [3.63, 3.8) is 0 Å². The molecule has 1 aromatic carbocycles. The van der Waals surface area contributed by atoms with Gasteiger partial charge in [-0.2, -0.15) is 0 Å². The molecule has 10 heteroatoms. The largest absolute Gasteiger partial charge is 0.446 e. The van der Waals surface area contributed by atoms with Crippen molar-refractivity contribution in [3.05, 3.63) is 35.9 Å². The van der Waals surface area contributed by atoms with Gasteiger partial charge in [-0.15, -0.1) is 0 Å². The second kappa shape index (κ2) is 7.90. The Balaban J connectivity index is 1.71. The number of amides is 6. The molecule has 6 amide bonds. The Bertz CT molecular complexity index is 854. The van der Waals surface area contributed by atoms with Gasteiger partial charge in [0.2, 0.25) is 6.10 Å². The van der Waals surface area contributed by atoms with E-state index in [2.05, 4.69) is 16.0 Å². The number of hydrogen-bond acceptors (Lipinski definition) is 6. The molecule has 1 saturated carbocycles. The number of ether oxygens (including phenoxy) is 1. The molecule has 10 nitrogen and oxygen atoms in total. The third kappa shape index (κ3) is 4.20. The fraction of sp³-hybridized carbons (Fsp3) is 0.421. The summed E-state index contributed by atoms with van der Waals surface area (Å²) in [5, 5.41) is 6.93. The Hall–Kier alpha value is -3.43. The molecule has 1 aliphatic heterocycles. The van der Waals surface area contributed by atoms with E-state index in [0.717, 1.165) is 17.7 Å². The normalized spacial score (nSPS) is 21.9. The van der Waals surface area contributed by atoms with Crippen LogP contribution in [0.2, 0.25) is 0 Å². The molecule has 0 radical (unpaired) electrons. The van der Waals surface area contributed by atoms with Gasteiger partial charge in [0.15, 0.2) is 0 Å². The highest BCUT2D eigenvalue weighted by molar-refractivity contribution is 6.09. The first-order valence-corrected chi connectivity index (χ1v) is 9.17. The number of urea groups is 2. The van der Waals surface area contributed by atoms with Crippen molar-refractivity contribution in [2.75, 3.05) is 13.6 Å². The van der Waals surface area contributed by atoms with Crippen LogP contribution in [0, 0.1) is 5.92 Å². The summed E-state index contributed by atoms with van der Waals surface area (Å²) in [5.41, 5.74) is -0.686. The average Bonchev–Trinajstić information content (AvgIpc) is 3.52. The van der Waals surface area contributed by atoms with Crippen LogP contribution >= 0.6 is 0 Å². The van der Waals surface area contributed by atoms with Crippen LogP contribution in [0.4, 0.5) is 9.59 Å². The zero-order chi connectivity index (χ0) is 21.2. The molecule has 154 valence electrons. The van der Waals surface area contributed by atoms with E-state index in [-0.39, 0.29) is 5.92 Å². The smallest absolute Gasteiger partial charge is 0.327 e. The predicted octanol–water partition coefficient (Wildman–Crippen LogP) is 0.447. The van der Waals surface area contributed by atoms with Gasteiger partial charge in [0.05, 0.1) is 0 Å². The molecule has 1 aromatic rings. The summed E-state index contributed by atoms with van der Waals surface area (Å²) >= 11 is 0. The van der Waals surface area contributed by atoms with E-state index in [0.29, 0.717) is 5.56 Å². The van der Waals surface area contributed by atoms with Crippen LogP contribution in [-0.2, 0) is 19.1 Å². The highest BCUT2D eigenvalue weighted by atomic mass is 16.5. The quantitative estimate of drug-likeness (QED) is 0.467. The van der Waals surface area contributed by atoms with Crippen molar-refractivity contribution >= 4 is 29.8 Å². The third-order valence-electron chi connectivity index (χ3n) is 5.04. The molecular formula is C19H22N4O6. The third-order valence-corrected chi connectivity index (χ3v) is 5.04. The molecule has 0 unspecified atom stereocenters. The molecule has 3 rings (SSSR count). The van der Waals surface area contributed by atoms with Crippen molar-refractivity contribution in [1.29, 1.82) is 0 Å². The molecule has 2 atom stereocenters. The van der Waals surface area contributed by atoms with Gasteiger partial charge in [0, 0.05) is 12.6 Å². The summed E-state index contributed by atoms with van der Waals surface area (Å²) in [6, 6.07) is 6.67. The summed E-state index contributed by atoms with van der Waals surface area (Å²) in [4.78, 5) is 61.9. The van der Waals surface area contributed by atoms with Crippen LogP contribution in [0.5, 0.6) is 0 Å². The Morgan fingerprint density at radius 2 is 1.90 bits per heavy atom. The first-order chi connectivity index (χ1) is 13.8. The van der Waals surface area contributed by atoms with Crippen LogP contribution in [0.25, 0.3) is 0 Å². The fourth-order valence-electron chi connectivity index (χ4n) is 3.24. The van der Waals surface area contributed by atoms with Crippen molar-refractivity contribution in [1.82, 2.24) is 20.9 Å². The molecule has 2 fully saturated rings. The number of esters is 1. The van der Waals surface area contributed by atoms with E-state index >= 15 is 0 Å².